The van der Waals surface area contributed by atoms with E-state index < -0.39 is 0 Å². The summed E-state index contributed by atoms with van der Waals surface area (Å²) in [7, 11) is 0. The maximum absolute atomic E-state index is 5.80. The largest absolute Gasteiger partial charge is 0.489 e. The van der Waals surface area contributed by atoms with Crippen LogP contribution in [0, 0.1) is 6.92 Å². The van der Waals surface area contributed by atoms with E-state index in [9.17, 15) is 0 Å². The highest BCUT2D eigenvalue weighted by molar-refractivity contribution is 7.80. The first-order chi connectivity index (χ1) is 8.66. The molecule has 2 aromatic carbocycles. The molecule has 0 spiro atoms. The molecule has 0 aliphatic rings. The first kappa shape index (κ1) is 12.6. The molecule has 0 fully saturated rings. The van der Waals surface area contributed by atoms with Crippen molar-refractivity contribution in [2.45, 2.75) is 13.5 Å². The maximum atomic E-state index is 5.80. The Hall–Kier alpha value is -1.87. The van der Waals surface area contributed by atoms with Gasteiger partial charge in [0, 0.05) is 5.56 Å². The van der Waals surface area contributed by atoms with Crippen LogP contribution in [0.15, 0.2) is 48.5 Å². The van der Waals surface area contributed by atoms with Gasteiger partial charge >= 0.3 is 0 Å². The van der Waals surface area contributed by atoms with Gasteiger partial charge in [0.15, 0.2) is 0 Å². The van der Waals surface area contributed by atoms with Crippen LogP contribution in [-0.4, -0.2) is 4.99 Å². The van der Waals surface area contributed by atoms with Gasteiger partial charge in [-0.3, -0.25) is 0 Å². The minimum absolute atomic E-state index is 0.388. The Balaban J connectivity index is 2.14. The van der Waals surface area contributed by atoms with Crippen molar-refractivity contribution in [3.05, 3.63) is 65.2 Å². The summed E-state index contributed by atoms with van der Waals surface area (Å²) in [6.45, 7) is 2.55. The van der Waals surface area contributed by atoms with Crippen LogP contribution >= 0.6 is 12.2 Å². The molecule has 2 nitrogen and oxygen atoms in total. The summed E-state index contributed by atoms with van der Waals surface area (Å²) in [5.74, 6) is 0.823. The lowest BCUT2D eigenvalue weighted by Crippen LogP contribution is -2.09. The van der Waals surface area contributed by atoms with E-state index in [1.54, 1.807) is 0 Å². The Morgan fingerprint density at radius 2 is 1.89 bits per heavy atom. The molecule has 0 atom stereocenters. The number of benzene rings is 2. The minimum atomic E-state index is 0.388. The molecular formula is C15H15NOS. The fourth-order valence-electron chi connectivity index (χ4n) is 1.64. The highest BCUT2D eigenvalue weighted by Gasteiger charge is 2.04. The zero-order valence-corrected chi connectivity index (χ0v) is 11.0. The van der Waals surface area contributed by atoms with Gasteiger partial charge in [0.1, 0.15) is 17.3 Å². The van der Waals surface area contributed by atoms with Gasteiger partial charge in [-0.05, 0) is 24.1 Å². The predicted molar refractivity (Wildman–Crippen MR) is 77.8 cm³/mol. The summed E-state index contributed by atoms with van der Waals surface area (Å²) in [5.41, 5.74) is 8.66. The van der Waals surface area contributed by atoms with Gasteiger partial charge < -0.3 is 10.5 Å². The summed E-state index contributed by atoms with van der Waals surface area (Å²) in [6.07, 6.45) is 0. The normalized spacial score (nSPS) is 10.1. The highest BCUT2D eigenvalue weighted by Crippen LogP contribution is 2.20. The molecule has 92 valence electrons. The van der Waals surface area contributed by atoms with Crippen LogP contribution in [0.3, 0.4) is 0 Å². The third-order valence-corrected chi connectivity index (χ3v) is 2.95. The number of hydrogen-bond donors (Lipinski definition) is 1. The third-order valence-electron chi connectivity index (χ3n) is 2.71. The monoisotopic (exact) mass is 257 g/mol. The predicted octanol–water partition coefficient (Wildman–Crippen LogP) is 3.21. The molecule has 0 heterocycles. The lowest BCUT2D eigenvalue weighted by Gasteiger charge is -2.10. The summed E-state index contributed by atoms with van der Waals surface area (Å²) >= 11 is 4.96. The molecule has 2 rings (SSSR count). The van der Waals surface area contributed by atoms with E-state index in [4.69, 9.17) is 22.7 Å². The highest BCUT2D eigenvalue weighted by atomic mass is 32.1. The second-order valence-electron chi connectivity index (χ2n) is 4.12. The van der Waals surface area contributed by atoms with E-state index in [1.807, 2.05) is 55.5 Å². The van der Waals surface area contributed by atoms with Crippen molar-refractivity contribution in [2.75, 3.05) is 0 Å². The van der Waals surface area contributed by atoms with Crippen LogP contribution in [-0.2, 0) is 6.61 Å². The van der Waals surface area contributed by atoms with Gasteiger partial charge in [-0.1, -0.05) is 54.7 Å². The Labute approximate surface area is 112 Å². The van der Waals surface area contributed by atoms with Gasteiger partial charge in [0.05, 0.1) is 0 Å². The second-order valence-corrected chi connectivity index (χ2v) is 4.56. The number of hydrogen-bond acceptors (Lipinski definition) is 2. The summed E-state index contributed by atoms with van der Waals surface area (Å²) in [4.78, 5) is 0.388. The van der Waals surface area contributed by atoms with E-state index >= 15 is 0 Å². The first-order valence-corrected chi connectivity index (χ1v) is 6.15. The van der Waals surface area contributed by atoms with Crippen molar-refractivity contribution in [1.82, 2.24) is 0 Å². The van der Waals surface area contributed by atoms with Crippen LogP contribution in [0.5, 0.6) is 5.75 Å². The Morgan fingerprint density at radius 1 is 1.17 bits per heavy atom. The Morgan fingerprint density at radius 3 is 2.56 bits per heavy atom. The molecule has 2 aromatic rings. The third kappa shape index (κ3) is 3.08. The van der Waals surface area contributed by atoms with Crippen LogP contribution in [0.1, 0.15) is 16.7 Å². The van der Waals surface area contributed by atoms with E-state index in [1.165, 1.54) is 0 Å². The van der Waals surface area contributed by atoms with Gasteiger partial charge in [0.2, 0.25) is 0 Å². The topological polar surface area (TPSA) is 35.2 Å². The molecule has 0 saturated heterocycles. The molecular weight excluding hydrogens is 242 g/mol. The molecule has 0 unspecified atom stereocenters. The van der Waals surface area contributed by atoms with Crippen molar-refractivity contribution in [1.29, 1.82) is 0 Å². The summed E-state index contributed by atoms with van der Waals surface area (Å²) in [6, 6.07) is 15.8. The Kier molecular flexibility index (Phi) is 3.95. The van der Waals surface area contributed by atoms with Gasteiger partial charge in [0.25, 0.3) is 0 Å². The smallest absolute Gasteiger partial charge is 0.123 e. The molecule has 3 heteroatoms. The SMILES string of the molecule is Cc1ccc(C(N)=S)cc1OCc1ccccc1. The fourth-order valence-corrected chi connectivity index (χ4v) is 1.77. The minimum Gasteiger partial charge on any atom is -0.489 e. The van der Waals surface area contributed by atoms with Crippen LogP contribution < -0.4 is 10.5 Å². The lowest BCUT2D eigenvalue weighted by atomic mass is 10.1. The molecule has 18 heavy (non-hydrogen) atoms. The second kappa shape index (κ2) is 5.65. The van der Waals surface area contributed by atoms with E-state index in [0.717, 1.165) is 22.4 Å². The average molecular weight is 257 g/mol. The van der Waals surface area contributed by atoms with E-state index in [0.29, 0.717) is 11.6 Å². The number of thiocarbonyl (C=S) groups is 1. The zero-order valence-electron chi connectivity index (χ0n) is 10.2. The molecule has 0 aliphatic carbocycles. The molecule has 2 N–H and O–H groups in total. The molecule has 0 aliphatic heterocycles. The van der Waals surface area contributed by atoms with Crippen molar-refractivity contribution >= 4 is 17.2 Å². The van der Waals surface area contributed by atoms with E-state index in [2.05, 4.69) is 0 Å². The van der Waals surface area contributed by atoms with Crippen molar-refractivity contribution in [2.24, 2.45) is 5.73 Å². The van der Waals surface area contributed by atoms with Crippen molar-refractivity contribution in [3.63, 3.8) is 0 Å². The van der Waals surface area contributed by atoms with Crippen LogP contribution in [0.4, 0.5) is 0 Å². The Bertz CT molecular complexity index is 552. The van der Waals surface area contributed by atoms with Crippen molar-refractivity contribution < 1.29 is 4.74 Å². The molecule has 0 aromatic heterocycles. The summed E-state index contributed by atoms with van der Waals surface area (Å²) < 4.78 is 5.80. The quantitative estimate of drug-likeness (QED) is 0.854. The zero-order chi connectivity index (χ0) is 13.0. The fraction of sp³-hybridized carbons (Fsp3) is 0.133. The molecule has 0 bridgehead atoms. The number of aryl methyl sites for hydroxylation is 1. The van der Waals surface area contributed by atoms with Crippen LogP contribution in [0.25, 0.3) is 0 Å². The van der Waals surface area contributed by atoms with Gasteiger partial charge in [-0.25, -0.2) is 0 Å². The lowest BCUT2D eigenvalue weighted by molar-refractivity contribution is 0.304. The van der Waals surface area contributed by atoms with Gasteiger partial charge in [-0.2, -0.15) is 0 Å². The average Bonchev–Trinajstić information content (AvgIpc) is 2.38. The molecule has 0 saturated carbocycles. The maximum Gasteiger partial charge on any atom is 0.123 e. The molecule has 0 radical (unpaired) electrons. The first-order valence-electron chi connectivity index (χ1n) is 5.74. The van der Waals surface area contributed by atoms with E-state index in [-0.39, 0.29) is 0 Å². The summed E-state index contributed by atoms with van der Waals surface area (Å²) in [5, 5.41) is 0. The van der Waals surface area contributed by atoms with Gasteiger partial charge in [-0.15, -0.1) is 0 Å². The molecule has 0 amide bonds. The number of nitrogens with two attached hydrogens (primary N) is 1. The number of rotatable bonds is 4. The number of ether oxygens (including phenoxy) is 1. The van der Waals surface area contributed by atoms with Crippen molar-refractivity contribution in [3.8, 4) is 5.75 Å². The standard InChI is InChI=1S/C15H15NOS/c1-11-7-8-13(15(16)18)9-14(11)17-10-12-5-3-2-4-6-12/h2-9H,10H2,1H3,(H2,16,18). The van der Waals surface area contributed by atoms with Crippen LogP contribution in [0.2, 0.25) is 0 Å².